The molecular formula is C13H20N2O4S. The van der Waals surface area contributed by atoms with Gasteiger partial charge in [0.1, 0.15) is 11.6 Å². The van der Waals surface area contributed by atoms with Gasteiger partial charge in [-0.3, -0.25) is 9.59 Å². The van der Waals surface area contributed by atoms with Crippen LogP contribution in [0.15, 0.2) is 11.5 Å². The molecule has 2 aliphatic heterocycles. The Morgan fingerprint density at radius 2 is 2.05 bits per heavy atom. The van der Waals surface area contributed by atoms with Gasteiger partial charge in [-0.15, -0.1) is 0 Å². The summed E-state index contributed by atoms with van der Waals surface area (Å²) in [5.74, 6) is -0.560. The average Bonchev–Trinajstić information content (AvgIpc) is 2.73. The van der Waals surface area contributed by atoms with Crippen molar-refractivity contribution in [2.45, 2.75) is 51.2 Å². The van der Waals surface area contributed by atoms with Gasteiger partial charge in [0.25, 0.3) is 0 Å². The molecule has 0 aliphatic carbocycles. The van der Waals surface area contributed by atoms with Gasteiger partial charge < -0.3 is 10.2 Å². The van der Waals surface area contributed by atoms with Crippen molar-refractivity contribution in [1.82, 2.24) is 10.2 Å². The molecule has 0 aromatic carbocycles. The van der Waals surface area contributed by atoms with Crippen LogP contribution in [0, 0.1) is 0 Å². The SMILES string of the molecule is CCC1C(=O)NC(C)(CC)C(=O)N1C1C=CS(=O)(=O)C1. The molecule has 2 aliphatic rings. The van der Waals surface area contributed by atoms with Gasteiger partial charge in [0, 0.05) is 5.41 Å². The van der Waals surface area contributed by atoms with E-state index in [1.165, 1.54) is 11.0 Å². The molecule has 6 nitrogen and oxygen atoms in total. The van der Waals surface area contributed by atoms with Gasteiger partial charge in [-0.2, -0.15) is 0 Å². The standard InChI is InChI=1S/C13H20N2O4S/c1-4-10-11(16)14-13(3,5-2)12(17)15(10)9-6-7-20(18,19)8-9/h6-7,9-10H,4-5,8H2,1-3H3,(H,14,16). The first-order valence-corrected chi connectivity index (χ1v) is 8.51. The first kappa shape index (κ1) is 15.0. The van der Waals surface area contributed by atoms with Gasteiger partial charge in [0.05, 0.1) is 11.8 Å². The zero-order valence-corrected chi connectivity index (χ0v) is 12.7. The van der Waals surface area contributed by atoms with Crippen LogP contribution in [0.5, 0.6) is 0 Å². The van der Waals surface area contributed by atoms with Gasteiger partial charge in [-0.1, -0.05) is 13.8 Å². The van der Waals surface area contributed by atoms with E-state index in [9.17, 15) is 18.0 Å². The first-order chi connectivity index (χ1) is 9.24. The summed E-state index contributed by atoms with van der Waals surface area (Å²) in [6, 6.07) is -1.15. The Balaban J connectivity index is 2.38. The van der Waals surface area contributed by atoms with E-state index in [1.807, 2.05) is 13.8 Å². The van der Waals surface area contributed by atoms with E-state index in [-0.39, 0.29) is 17.6 Å². The van der Waals surface area contributed by atoms with Crippen LogP contribution in [-0.4, -0.2) is 48.5 Å². The molecule has 112 valence electrons. The number of sulfone groups is 1. The van der Waals surface area contributed by atoms with Crippen LogP contribution in [0.1, 0.15) is 33.6 Å². The molecule has 1 N–H and O–H groups in total. The summed E-state index contributed by atoms with van der Waals surface area (Å²) in [5.41, 5.74) is -0.955. The molecule has 0 bridgehead atoms. The Hall–Kier alpha value is -1.37. The summed E-state index contributed by atoms with van der Waals surface area (Å²) in [6.07, 6.45) is 2.43. The Labute approximate surface area is 119 Å². The molecule has 2 heterocycles. The van der Waals surface area contributed by atoms with Crippen molar-refractivity contribution in [3.8, 4) is 0 Å². The predicted octanol–water partition coefficient (Wildman–Crippen LogP) is 0.203. The van der Waals surface area contributed by atoms with Gasteiger partial charge in [-0.05, 0) is 25.8 Å². The number of carbonyl (C=O) groups excluding carboxylic acids is 2. The van der Waals surface area contributed by atoms with E-state index in [0.717, 1.165) is 5.41 Å². The smallest absolute Gasteiger partial charge is 0.249 e. The molecule has 0 aromatic heterocycles. The lowest BCUT2D eigenvalue weighted by atomic mass is 9.90. The van der Waals surface area contributed by atoms with Crippen LogP contribution in [0.4, 0.5) is 0 Å². The fourth-order valence-corrected chi connectivity index (χ4v) is 3.98. The number of rotatable bonds is 3. The maximum absolute atomic E-state index is 12.7. The second kappa shape index (κ2) is 4.87. The Morgan fingerprint density at radius 1 is 1.40 bits per heavy atom. The summed E-state index contributed by atoms with van der Waals surface area (Å²) in [7, 11) is -3.27. The molecule has 7 heteroatoms. The Kier molecular flexibility index (Phi) is 3.66. The van der Waals surface area contributed by atoms with Gasteiger partial charge in [0.2, 0.25) is 11.8 Å². The number of hydrogen-bond acceptors (Lipinski definition) is 4. The Bertz CT molecular complexity index is 569. The zero-order chi connectivity index (χ0) is 15.1. The predicted molar refractivity (Wildman–Crippen MR) is 74.5 cm³/mol. The van der Waals surface area contributed by atoms with Crippen molar-refractivity contribution >= 4 is 21.7 Å². The molecule has 3 atom stereocenters. The lowest BCUT2D eigenvalue weighted by molar-refractivity contribution is -0.155. The topological polar surface area (TPSA) is 83.6 Å². The van der Waals surface area contributed by atoms with E-state index in [2.05, 4.69) is 5.32 Å². The second-order valence-electron chi connectivity index (χ2n) is 5.54. The lowest BCUT2D eigenvalue weighted by Crippen LogP contribution is -2.70. The molecule has 0 aromatic rings. The molecule has 2 rings (SSSR count). The quantitative estimate of drug-likeness (QED) is 0.807. The molecule has 1 saturated heterocycles. The minimum absolute atomic E-state index is 0.137. The molecule has 0 spiro atoms. The van der Waals surface area contributed by atoms with Gasteiger partial charge in [0.15, 0.2) is 9.84 Å². The fraction of sp³-hybridized carbons (Fsp3) is 0.692. The van der Waals surface area contributed by atoms with Crippen molar-refractivity contribution in [2.75, 3.05) is 5.75 Å². The molecule has 0 radical (unpaired) electrons. The lowest BCUT2D eigenvalue weighted by Gasteiger charge is -2.46. The number of amides is 2. The number of nitrogens with one attached hydrogen (secondary N) is 1. The Morgan fingerprint density at radius 3 is 2.50 bits per heavy atom. The van der Waals surface area contributed by atoms with E-state index in [1.54, 1.807) is 6.92 Å². The van der Waals surface area contributed by atoms with E-state index in [0.29, 0.717) is 12.8 Å². The molecule has 0 saturated carbocycles. The van der Waals surface area contributed by atoms with E-state index >= 15 is 0 Å². The van der Waals surface area contributed by atoms with Crippen LogP contribution in [-0.2, 0) is 19.4 Å². The molecular weight excluding hydrogens is 280 g/mol. The van der Waals surface area contributed by atoms with Gasteiger partial charge in [-0.25, -0.2) is 8.42 Å². The third-order valence-electron chi connectivity index (χ3n) is 4.11. The van der Waals surface area contributed by atoms with Gasteiger partial charge >= 0.3 is 0 Å². The van der Waals surface area contributed by atoms with Crippen LogP contribution >= 0.6 is 0 Å². The van der Waals surface area contributed by atoms with Crippen molar-refractivity contribution in [2.24, 2.45) is 0 Å². The van der Waals surface area contributed by atoms with Crippen LogP contribution < -0.4 is 5.32 Å². The number of piperazine rings is 1. The number of nitrogens with zero attached hydrogens (tertiary/aromatic N) is 1. The maximum Gasteiger partial charge on any atom is 0.249 e. The largest absolute Gasteiger partial charge is 0.340 e. The van der Waals surface area contributed by atoms with Crippen molar-refractivity contribution in [1.29, 1.82) is 0 Å². The summed E-state index contributed by atoms with van der Waals surface area (Å²) in [4.78, 5) is 26.3. The minimum atomic E-state index is -3.27. The molecule has 1 fully saturated rings. The average molecular weight is 300 g/mol. The van der Waals surface area contributed by atoms with Crippen molar-refractivity contribution in [3.63, 3.8) is 0 Å². The van der Waals surface area contributed by atoms with Crippen molar-refractivity contribution in [3.05, 3.63) is 11.5 Å². The molecule has 2 amide bonds. The molecule has 3 unspecified atom stereocenters. The van der Waals surface area contributed by atoms with Crippen LogP contribution in [0.25, 0.3) is 0 Å². The monoisotopic (exact) mass is 300 g/mol. The third-order valence-corrected chi connectivity index (χ3v) is 5.48. The number of hydrogen-bond donors (Lipinski definition) is 1. The molecule has 20 heavy (non-hydrogen) atoms. The highest BCUT2D eigenvalue weighted by atomic mass is 32.2. The summed E-state index contributed by atoms with van der Waals surface area (Å²) in [5, 5.41) is 3.90. The summed E-state index contributed by atoms with van der Waals surface area (Å²) in [6.45, 7) is 5.31. The highest BCUT2D eigenvalue weighted by Gasteiger charge is 2.49. The minimum Gasteiger partial charge on any atom is -0.340 e. The normalized spacial score (nSPS) is 36.2. The number of carbonyl (C=O) groups is 2. The highest BCUT2D eigenvalue weighted by Crippen LogP contribution is 2.28. The van der Waals surface area contributed by atoms with E-state index in [4.69, 9.17) is 0 Å². The third kappa shape index (κ3) is 2.34. The van der Waals surface area contributed by atoms with Crippen molar-refractivity contribution < 1.29 is 18.0 Å². The second-order valence-corrected chi connectivity index (χ2v) is 7.47. The highest BCUT2D eigenvalue weighted by molar-refractivity contribution is 7.94. The van der Waals surface area contributed by atoms with Crippen LogP contribution in [0.2, 0.25) is 0 Å². The zero-order valence-electron chi connectivity index (χ0n) is 11.9. The van der Waals surface area contributed by atoms with E-state index < -0.39 is 27.5 Å². The van der Waals surface area contributed by atoms with Crippen LogP contribution in [0.3, 0.4) is 0 Å². The fourth-order valence-electron chi connectivity index (χ4n) is 2.70. The summed E-state index contributed by atoms with van der Waals surface area (Å²) >= 11 is 0. The first-order valence-electron chi connectivity index (χ1n) is 6.80. The maximum atomic E-state index is 12.7. The summed E-state index contributed by atoms with van der Waals surface area (Å²) < 4.78 is 23.1.